The summed E-state index contributed by atoms with van der Waals surface area (Å²) in [6.07, 6.45) is 3.05. The first kappa shape index (κ1) is 15.4. The van der Waals surface area contributed by atoms with E-state index in [1.165, 1.54) is 17.7 Å². The van der Waals surface area contributed by atoms with Gasteiger partial charge in [0, 0.05) is 10.5 Å². The molecule has 1 nitrogen and oxygen atoms in total. The van der Waals surface area contributed by atoms with E-state index in [0.717, 1.165) is 35.8 Å². The maximum Gasteiger partial charge on any atom is 0.124 e. The first-order chi connectivity index (χ1) is 8.54. The van der Waals surface area contributed by atoms with E-state index in [-0.39, 0.29) is 11.9 Å². The lowest BCUT2D eigenvalue weighted by Gasteiger charge is -2.20. The van der Waals surface area contributed by atoms with Crippen LogP contribution in [0.2, 0.25) is 0 Å². The molecule has 18 heavy (non-hydrogen) atoms. The first-order valence-electron chi connectivity index (χ1n) is 6.37. The Morgan fingerprint density at radius 2 is 2.22 bits per heavy atom. The third-order valence-electron chi connectivity index (χ3n) is 2.84. The van der Waals surface area contributed by atoms with E-state index < -0.39 is 0 Å². The summed E-state index contributed by atoms with van der Waals surface area (Å²) in [6, 6.07) is 5.14. The SMILES string of the molecule is C=C(C)CCC(NCCC)c1ccc(F)cc1Br. The van der Waals surface area contributed by atoms with Crippen LogP contribution in [0.3, 0.4) is 0 Å². The van der Waals surface area contributed by atoms with E-state index in [2.05, 4.69) is 34.7 Å². The molecular weight excluding hydrogens is 293 g/mol. The molecule has 0 aliphatic rings. The zero-order chi connectivity index (χ0) is 13.5. The quantitative estimate of drug-likeness (QED) is 0.700. The van der Waals surface area contributed by atoms with Gasteiger partial charge in [-0.15, -0.1) is 6.58 Å². The summed E-state index contributed by atoms with van der Waals surface area (Å²) >= 11 is 3.44. The highest BCUT2D eigenvalue weighted by Crippen LogP contribution is 2.28. The van der Waals surface area contributed by atoms with Gasteiger partial charge >= 0.3 is 0 Å². The van der Waals surface area contributed by atoms with Crippen LogP contribution in [-0.4, -0.2) is 6.54 Å². The standard InChI is InChI=1S/C15H21BrFN/c1-4-9-18-15(8-5-11(2)3)13-7-6-12(17)10-14(13)16/h6-7,10,15,18H,2,4-5,8-9H2,1,3H3. The third-order valence-corrected chi connectivity index (χ3v) is 3.53. The Labute approximate surface area is 118 Å². The van der Waals surface area contributed by atoms with Crippen molar-refractivity contribution in [2.45, 2.75) is 39.2 Å². The molecule has 0 aliphatic heterocycles. The van der Waals surface area contributed by atoms with Gasteiger partial charge in [0.05, 0.1) is 0 Å². The number of rotatable bonds is 7. The number of allylic oxidation sites excluding steroid dienone is 1. The molecule has 0 fully saturated rings. The van der Waals surface area contributed by atoms with Crippen molar-refractivity contribution in [2.24, 2.45) is 0 Å². The molecule has 0 heterocycles. The molecule has 1 atom stereocenters. The molecule has 1 aromatic carbocycles. The highest BCUT2D eigenvalue weighted by Gasteiger charge is 2.14. The van der Waals surface area contributed by atoms with Gasteiger partial charge in [-0.2, -0.15) is 0 Å². The van der Waals surface area contributed by atoms with Gasteiger partial charge in [0.2, 0.25) is 0 Å². The number of halogens is 2. The van der Waals surface area contributed by atoms with Crippen LogP contribution in [0.15, 0.2) is 34.8 Å². The molecule has 0 aliphatic carbocycles. The Balaban J connectivity index is 2.82. The van der Waals surface area contributed by atoms with Gasteiger partial charge in [0.15, 0.2) is 0 Å². The van der Waals surface area contributed by atoms with Gasteiger partial charge in [0.1, 0.15) is 5.82 Å². The van der Waals surface area contributed by atoms with E-state index in [9.17, 15) is 4.39 Å². The number of nitrogens with one attached hydrogen (secondary N) is 1. The summed E-state index contributed by atoms with van der Waals surface area (Å²) in [4.78, 5) is 0. The van der Waals surface area contributed by atoms with Crippen LogP contribution >= 0.6 is 15.9 Å². The molecule has 1 N–H and O–H groups in total. The van der Waals surface area contributed by atoms with Crippen molar-refractivity contribution in [3.05, 3.63) is 46.2 Å². The molecule has 0 spiro atoms. The van der Waals surface area contributed by atoms with Crippen LogP contribution in [0.5, 0.6) is 0 Å². The van der Waals surface area contributed by atoms with Crippen molar-refractivity contribution in [3.63, 3.8) is 0 Å². The Morgan fingerprint density at radius 1 is 1.50 bits per heavy atom. The molecule has 0 bridgehead atoms. The number of benzene rings is 1. The summed E-state index contributed by atoms with van der Waals surface area (Å²) in [7, 11) is 0. The average molecular weight is 314 g/mol. The lowest BCUT2D eigenvalue weighted by atomic mass is 9.99. The third kappa shape index (κ3) is 4.91. The van der Waals surface area contributed by atoms with E-state index >= 15 is 0 Å². The maximum absolute atomic E-state index is 13.1. The highest BCUT2D eigenvalue weighted by atomic mass is 79.9. The fraction of sp³-hybridized carbons (Fsp3) is 0.467. The average Bonchev–Trinajstić information content (AvgIpc) is 2.30. The van der Waals surface area contributed by atoms with Crippen LogP contribution in [0.25, 0.3) is 0 Å². The van der Waals surface area contributed by atoms with Crippen LogP contribution in [0.4, 0.5) is 4.39 Å². The topological polar surface area (TPSA) is 12.0 Å². The van der Waals surface area contributed by atoms with Crippen molar-refractivity contribution in [1.82, 2.24) is 5.32 Å². The molecule has 0 saturated carbocycles. The van der Waals surface area contributed by atoms with Crippen molar-refractivity contribution in [3.8, 4) is 0 Å². The minimum Gasteiger partial charge on any atom is -0.310 e. The summed E-state index contributed by atoms with van der Waals surface area (Å²) in [6.45, 7) is 9.08. The zero-order valence-corrected chi connectivity index (χ0v) is 12.7. The van der Waals surface area contributed by atoms with Crippen LogP contribution < -0.4 is 5.32 Å². The van der Waals surface area contributed by atoms with Crippen LogP contribution in [0, 0.1) is 5.82 Å². The Hall–Kier alpha value is -0.670. The molecule has 1 unspecified atom stereocenters. The van der Waals surface area contributed by atoms with Crippen molar-refractivity contribution in [1.29, 1.82) is 0 Å². The first-order valence-corrected chi connectivity index (χ1v) is 7.16. The Kier molecular flexibility index (Phi) is 6.58. The predicted molar refractivity (Wildman–Crippen MR) is 79.2 cm³/mol. The minimum absolute atomic E-state index is 0.209. The second-order valence-electron chi connectivity index (χ2n) is 4.67. The Morgan fingerprint density at radius 3 is 2.78 bits per heavy atom. The molecular formula is C15H21BrFN. The molecule has 1 aromatic rings. The number of hydrogen-bond donors (Lipinski definition) is 1. The van der Waals surface area contributed by atoms with Crippen molar-refractivity contribution < 1.29 is 4.39 Å². The fourth-order valence-electron chi connectivity index (χ4n) is 1.86. The van der Waals surface area contributed by atoms with E-state index in [4.69, 9.17) is 0 Å². The summed E-state index contributed by atoms with van der Waals surface area (Å²) in [5, 5.41) is 3.51. The van der Waals surface area contributed by atoms with Crippen LogP contribution in [-0.2, 0) is 0 Å². The second-order valence-corrected chi connectivity index (χ2v) is 5.52. The lowest BCUT2D eigenvalue weighted by molar-refractivity contribution is 0.496. The zero-order valence-electron chi connectivity index (χ0n) is 11.1. The summed E-state index contributed by atoms with van der Waals surface area (Å²) < 4.78 is 13.9. The summed E-state index contributed by atoms with van der Waals surface area (Å²) in [5.41, 5.74) is 2.29. The fourth-order valence-corrected chi connectivity index (χ4v) is 2.49. The van der Waals surface area contributed by atoms with E-state index in [1.54, 1.807) is 0 Å². The molecule has 0 radical (unpaired) electrons. The molecule has 100 valence electrons. The summed E-state index contributed by atoms with van der Waals surface area (Å²) in [5.74, 6) is -0.209. The van der Waals surface area contributed by atoms with E-state index in [1.807, 2.05) is 13.0 Å². The predicted octanol–water partition coefficient (Wildman–Crippen LogP) is 4.99. The van der Waals surface area contributed by atoms with E-state index in [0.29, 0.717) is 0 Å². The Bertz CT molecular complexity index is 403. The highest BCUT2D eigenvalue weighted by molar-refractivity contribution is 9.10. The van der Waals surface area contributed by atoms with Gasteiger partial charge in [-0.1, -0.05) is 34.5 Å². The van der Waals surface area contributed by atoms with Gasteiger partial charge in [-0.05, 0) is 50.4 Å². The second kappa shape index (κ2) is 7.70. The minimum atomic E-state index is -0.209. The van der Waals surface area contributed by atoms with Gasteiger partial charge in [-0.25, -0.2) is 4.39 Å². The molecule has 0 amide bonds. The van der Waals surface area contributed by atoms with Crippen molar-refractivity contribution in [2.75, 3.05) is 6.54 Å². The largest absolute Gasteiger partial charge is 0.310 e. The van der Waals surface area contributed by atoms with Gasteiger partial charge < -0.3 is 5.32 Å². The van der Waals surface area contributed by atoms with Gasteiger partial charge in [-0.3, -0.25) is 0 Å². The van der Waals surface area contributed by atoms with Crippen LogP contribution in [0.1, 0.15) is 44.7 Å². The molecule has 3 heteroatoms. The smallest absolute Gasteiger partial charge is 0.124 e. The maximum atomic E-state index is 13.1. The normalized spacial score (nSPS) is 12.4. The molecule has 1 rings (SSSR count). The van der Waals surface area contributed by atoms with Crippen molar-refractivity contribution >= 4 is 15.9 Å². The monoisotopic (exact) mass is 313 g/mol. The molecule has 0 saturated heterocycles. The molecule has 0 aromatic heterocycles. The van der Waals surface area contributed by atoms with Gasteiger partial charge in [0.25, 0.3) is 0 Å². The number of hydrogen-bond acceptors (Lipinski definition) is 1. The lowest BCUT2D eigenvalue weighted by Crippen LogP contribution is -2.22.